The van der Waals surface area contributed by atoms with Crippen LogP contribution in [0.4, 0.5) is 0 Å². The van der Waals surface area contributed by atoms with Gasteiger partial charge in [-0.15, -0.1) is 0 Å². The summed E-state index contributed by atoms with van der Waals surface area (Å²) in [7, 11) is -3.03. The molecule has 0 radical (unpaired) electrons. The summed E-state index contributed by atoms with van der Waals surface area (Å²) in [6.45, 7) is 0. The van der Waals surface area contributed by atoms with E-state index in [-0.39, 0.29) is 0 Å². The minimum absolute atomic E-state index is 0.471. The molecule has 0 bridgehead atoms. The quantitative estimate of drug-likeness (QED) is 0.683. The Morgan fingerprint density at radius 2 is 1.75 bits per heavy atom. The molecule has 0 aliphatic heterocycles. The predicted octanol–water partition coefficient (Wildman–Crippen LogP) is 0.346. The number of hydrogen-bond acceptors (Lipinski definition) is 3. The maximum absolute atomic E-state index is 10.9. The molecule has 1 unspecified atom stereocenters. The van der Waals surface area contributed by atoms with Crippen molar-refractivity contribution in [1.82, 2.24) is 0 Å². The SMILES string of the molecule is CS(=O)c1ccc(P(O)O)cc1. The first-order valence-corrected chi connectivity index (χ1v) is 6.03. The van der Waals surface area contributed by atoms with Crippen LogP contribution in [0.1, 0.15) is 0 Å². The Hall–Kier alpha value is -0.280. The van der Waals surface area contributed by atoms with Gasteiger partial charge >= 0.3 is 0 Å². The fraction of sp³-hybridized carbons (Fsp3) is 0.143. The lowest BCUT2D eigenvalue weighted by molar-refractivity contribution is 0.497. The van der Waals surface area contributed by atoms with Crippen molar-refractivity contribution in [3.05, 3.63) is 24.3 Å². The monoisotopic (exact) mass is 204 g/mol. The molecule has 3 nitrogen and oxygen atoms in total. The van der Waals surface area contributed by atoms with Crippen LogP contribution < -0.4 is 5.30 Å². The van der Waals surface area contributed by atoms with Crippen molar-refractivity contribution in [2.45, 2.75) is 4.90 Å². The van der Waals surface area contributed by atoms with Gasteiger partial charge in [0.2, 0.25) is 0 Å². The van der Waals surface area contributed by atoms with Gasteiger partial charge in [0.05, 0.1) is 0 Å². The van der Waals surface area contributed by atoms with Crippen LogP contribution in [-0.4, -0.2) is 20.3 Å². The van der Waals surface area contributed by atoms with E-state index in [1.165, 1.54) is 0 Å². The normalized spacial score (nSPS) is 13.3. The Balaban J connectivity index is 2.93. The smallest absolute Gasteiger partial charge is 0.199 e. The lowest BCUT2D eigenvalue weighted by Gasteiger charge is -2.02. The molecule has 0 saturated heterocycles. The summed E-state index contributed by atoms with van der Waals surface area (Å²) in [5.74, 6) is 0. The standard InChI is InChI=1S/C7H9O3PS/c1-12(10)7-4-2-6(3-5-7)11(8)9/h2-5,8-9H,1H3. The number of benzene rings is 1. The molecule has 1 rings (SSSR count). The molecule has 1 aromatic rings. The van der Waals surface area contributed by atoms with Gasteiger partial charge in [0.25, 0.3) is 0 Å². The van der Waals surface area contributed by atoms with E-state index in [4.69, 9.17) is 9.79 Å². The summed E-state index contributed by atoms with van der Waals surface area (Å²) in [4.78, 5) is 18.3. The third-order valence-electron chi connectivity index (χ3n) is 1.40. The van der Waals surface area contributed by atoms with Gasteiger partial charge in [-0.3, -0.25) is 4.21 Å². The number of rotatable bonds is 2. The average molecular weight is 204 g/mol. The highest BCUT2D eigenvalue weighted by Crippen LogP contribution is 2.21. The lowest BCUT2D eigenvalue weighted by atomic mass is 10.4. The van der Waals surface area contributed by atoms with Crippen LogP contribution in [0.15, 0.2) is 29.2 Å². The minimum Gasteiger partial charge on any atom is -0.347 e. The van der Waals surface area contributed by atoms with E-state index < -0.39 is 19.2 Å². The molecule has 66 valence electrons. The Bertz CT molecular complexity index is 283. The second kappa shape index (κ2) is 4.10. The Kier molecular flexibility index (Phi) is 3.35. The molecule has 0 spiro atoms. The Morgan fingerprint density at radius 1 is 1.25 bits per heavy atom. The Labute approximate surface area is 74.4 Å². The van der Waals surface area contributed by atoms with Gasteiger partial charge in [-0.1, -0.05) is 0 Å². The first-order valence-electron chi connectivity index (χ1n) is 3.22. The van der Waals surface area contributed by atoms with Crippen LogP contribution in [0.25, 0.3) is 0 Å². The molecule has 0 saturated carbocycles. The zero-order chi connectivity index (χ0) is 9.14. The third-order valence-corrected chi connectivity index (χ3v) is 3.10. The second-order valence-corrected chi connectivity index (χ2v) is 4.71. The molecule has 0 fully saturated rings. The summed E-state index contributed by atoms with van der Waals surface area (Å²) in [6.07, 6.45) is 1.58. The molecule has 5 heteroatoms. The van der Waals surface area contributed by atoms with Gasteiger partial charge in [0, 0.05) is 27.3 Å². The topological polar surface area (TPSA) is 57.5 Å². The van der Waals surface area contributed by atoms with Gasteiger partial charge in [-0.05, 0) is 24.3 Å². The molecule has 0 amide bonds. The van der Waals surface area contributed by atoms with Gasteiger partial charge in [-0.25, -0.2) is 0 Å². The van der Waals surface area contributed by atoms with E-state index in [1.54, 1.807) is 30.5 Å². The molecule has 12 heavy (non-hydrogen) atoms. The molecule has 1 aromatic carbocycles. The molecular formula is C7H9O3PS. The van der Waals surface area contributed by atoms with Crippen LogP contribution >= 0.6 is 8.38 Å². The van der Waals surface area contributed by atoms with Crippen molar-refractivity contribution < 1.29 is 14.0 Å². The maximum atomic E-state index is 10.9. The lowest BCUT2D eigenvalue weighted by Crippen LogP contribution is -1.99. The summed E-state index contributed by atoms with van der Waals surface area (Å²) < 4.78 is 10.9. The summed E-state index contributed by atoms with van der Waals surface area (Å²) in [6, 6.07) is 6.41. The summed E-state index contributed by atoms with van der Waals surface area (Å²) >= 11 is 0. The third kappa shape index (κ3) is 2.35. The first kappa shape index (κ1) is 9.81. The molecule has 0 heterocycles. The van der Waals surface area contributed by atoms with Crippen molar-refractivity contribution in [2.75, 3.05) is 6.26 Å². The van der Waals surface area contributed by atoms with Crippen LogP contribution in [-0.2, 0) is 10.8 Å². The van der Waals surface area contributed by atoms with E-state index in [2.05, 4.69) is 0 Å². The maximum Gasteiger partial charge on any atom is 0.199 e. The fourth-order valence-electron chi connectivity index (χ4n) is 0.771. The van der Waals surface area contributed by atoms with Crippen molar-refractivity contribution in [3.63, 3.8) is 0 Å². The van der Waals surface area contributed by atoms with Gasteiger partial charge in [0.15, 0.2) is 8.38 Å². The Morgan fingerprint density at radius 3 is 2.08 bits per heavy atom. The minimum atomic E-state index is -2.03. The van der Waals surface area contributed by atoms with E-state index in [9.17, 15) is 4.21 Å². The number of hydrogen-bond donors (Lipinski definition) is 2. The van der Waals surface area contributed by atoms with E-state index in [1.807, 2.05) is 0 Å². The zero-order valence-electron chi connectivity index (χ0n) is 6.47. The first-order chi connectivity index (χ1) is 5.61. The van der Waals surface area contributed by atoms with Crippen molar-refractivity contribution in [1.29, 1.82) is 0 Å². The van der Waals surface area contributed by atoms with Gasteiger partial charge < -0.3 is 9.79 Å². The van der Waals surface area contributed by atoms with Crippen molar-refractivity contribution >= 4 is 24.5 Å². The average Bonchev–Trinajstić information content (AvgIpc) is 2.04. The molecule has 0 aromatic heterocycles. The predicted molar refractivity (Wildman–Crippen MR) is 49.8 cm³/mol. The van der Waals surface area contributed by atoms with Crippen molar-refractivity contribution in [2.24, 2.45) is 0 Å². The molecule has 2 N–H and O–H groups in total. The summed E-state index contributed by atoms with van der Waals surface area (Å²) in [5.41, 5.74) is 0. The van der Waals surface area contributed by atoms with Crippen LogP contribution in [0, 0.1) is 0 Å². The molecule has 1 atom stereocenters. The summed E-state index contributed by atoms with van der Waals surface area (Å²) in [5, 5.41) is 0.471. The molecule has 0 aliphatic rings. The highest BCUT2D eigenvalue weighted by Gasteiger charge is 2.03. The van der Waals surface area contributed by atoms with Crippen LogP contribution in [0.5, 0.6) is 0 Å². The highest BCUT2D eigenvalue weighted by molar-refractivity contribution is 7.84. The van der Waals surface area contributed by atoms with E-state index >= 15 is 0 Å². The van der Waals surface area contributed by atoms with E-state index in [0.29, 0.717) is 10.2 Å². The van der Waals surface area contributed by atoms with Crippen LogP contribution in [0.2, 0.25) is 0 Å². The van der Waals surface area contributed by atoms with Gasteiger partial charge in [-0.2, -0.15) is 0 Å². The van der Waals surface area contributed by atoms with Gasteiger partial charge in [0.1, 0.15) is 0 Å². The fourth-order valence-corrected chi connectivity index (χ4v) is 1.71. The molecule has 0 aliphatic carbocycles. The zero-order valence-corrected chi connectivity index (χ0v) is 8.18. The largest absolute Gasteiger partial charge is 0.347 e. The van der Waals surface area contributed by atoms with E-state index in [0.717, 1.165) is 0 Å². The van der Waals surface area contributed by atoms with Crippen molar-refractivity contribution in [3.8, 4) is 0 Å². The second-order valence-electron chi connectivity index (χ2n) is 2.24. The highest BCUT2D eigenvalue weighted by atomic mass is 32.2. The van der Waals surface area contributed by atoms with Crippen LogP contribution in [0.3, 0.4) is 0 Å². The molecular weight excluding hydrogens is 195 g/mol.